The Morgan fingerprint density at radius 2 is 1.38 bits per heavy atom. The standard InChI is InChI=1S/C22H26N2OSi/c1-22(2,3)26(19-10-6-4-7-11-19,20-12-8-5-9-13-20)25-17-18-14-15-21(23)24-16-18/h4-16H,17H2,1-3H3,(H2,23,24). The molecule has 3 rings (SSSR count). The fourth-order valence-electron chi connectivity index (χ4n) is 3.47. The smallest absolute Gasteiger partial charge is 0.261 e. The summed E-state index contributed by atoms with van der Waals surface area (Å²) in [5.74, 6) is 0.527. The van der Waals surface area contributed by atoms with Crippen molar-refractivity contribution in [2.75, 3.05) is 5.73 Å². The van der Waals surface area contributed by atoms with Crippen molar-refractivity contribution in [2.45, 2.75) is 32.4 Å². The molecule has 0 spiro atoms. The number of nitrogens with zero attached hydrogens (tertiary/aromatic N) is 1. The second-order valence-corrected chi connectivity index (χ2v) is 11.8. The first-order valence-electron chi connectivity index (χ1n) is 8.89. The van der Waals surface area contributed by atoms with Gasteiger partial charge in [0.15, 0.2) is 0 Å². The summed E-state index contributed by atoms with van der Waals surface area (Å²) in [5, 5.41) is 2.53. The fraction of sp³-hybridized carbons (Fsp3) is 0.227. The summed E-state index contributed by atoms with van der Waals surface area (Å²) in [5.41, 5.74) is 6.75. The summed E-state index contributed by atoms with van der Waals surface area (Å²) in [6.07, 6.45) is 1.80. The molecule has 134 valence electrons. The van der Waals surface area contributed by atoms with E-state index < -0.39 is 8.32 Å². The minimum Gasteiger partial charge on any atom is -0.403 e. The van der Waals surface area contributed by atoms with E-state index in [1.165, 1.54) is 10.4 Å². The number of nitrogens with two attached hydrogens (primary N) is 1. The minimum atomic E-state index is -2.50. The van der Waals surface area contributed by atoms with Gasteiger partial charge >= 0.3 is 0 Å². The van der Waals surface area contributed by atoms with Gasteiger partial charge in [-0.2, -0.15) is 0 Å². The number of rotatable bonds is 5. The third-order valence-electron chi connectivity index (χ3n) is 4.72. The molecule has 0 bridgehead atoms. The summed E-state index contributed by atoms with van der Waals surface area (Å²) in [6, 6.07) is 25.1. The third kappa shape index (κ3) is 3.57. The SMILES string of the molecule is CC(C)(C)[Si](OCc1ccc(N)nc1)(c1ccccc1)c1ccccc1. The molecule has 0 fully saturated rings. The number of hydrogen-bond acceptors (Lipinski definition) is 3. The first-order chi connectivity index (χ1) is 12.4. The number of pyridine rings is 1. The maximum Gasteiger partial charge on any atom is 0.261 e. The lowest BCUT2D eigenvalue weighted by molar-refractivity contribution is 0.286. The first-order valence-corrected chi connectivity index (χ1v) is 10.8. The maximum absolute atomic E-state index is 6.85. The molecule has 3 aromatic rings. The molecule has 4 heteroatoms. The molecule has 1 heterocycles. The molecular weight excluding hydrogens is 336 g/mol. The van der Waals surface area contributed by atoms with Gasteiger partial charge in [-0.3, -0.25) is 0 Å². The predicted molar refractivity (Wildman–Crippen MR) is 111 cm³/mol. The zero-order chi connectivity index (χ0) is 18.6. The van der Waals surface area contributed by atoms with Crippen molar-refractivity contribution in [1.82, 2.24) is 4.98 Å². The Morgan fingerprint density at radius 3 is 1.81 bits per heavy atom. The molecule has 0 radical (unpaired) electrons. The van der Waals surface area contributed by atoms with Crippen LogP contribution in [0, 0.1) is 0 Å². The highest BCUT2D eigenvalue weighted by Gasteiger charge is 2.50. The van der Waals surface area contributed by atoms with E-state index in [-0.39, 0.29) is 5.04 Å². The Bertz CT molecular complexity index is 788. The summed E-state index contributed by atoms with van der Waals surface area (Å²) < 4.78 is 6.85. The van der Waals surface area contributed by atoms with E-state index in [0.717, 1.165) is 5.56 Å². The number of nitrogen functional groups attached to an aromatic ring is 1. The molecular formula is C22H26N2OSi. The molecule has 0 saturated carbocycles. The van der Waals surface area contributed by atoms with Crippen molar-refractivity contribution in [3.05, 3.63) is 84.6 Å². The van der Waals surface area contributed by atoms with Crippen molar-refractivity contribution >= 4 is 24.5 Å². The average molecular weight is 363 g/mol. The highest BCUT2D eigenvalue weighted by Crippen LogP contribution is 2.37. The largest absolute Gasteiger partial charge is 0.403 e. The van der Waals surface area contributed by atoms with Gasteiger partial charge in [-0.25, -0.2) is 4.98 Å². The molecule has 1 aromatic heterocycles. The zero-order valence-corrected chi connectivity index (χ0v) is 16.6. The van der Waals surface area contributed by atoms with Crippen molar-refractivity contribution in [1.29, 1.82) is 0 Å². The van der Waals surface area contributed by atoms with Crippen molar-refractivity contribution < 1.29 is 4.43 Å². The third-order valence-corrected chi connectivity index (χ3v) is 9.70. The second kappa shape index (κ2) is 7.44. The van der Waals surface area contributed by atoms with Gasteiger partial charge in [0, 0.05) is 6.20 Å². The lowest BCUT2D eigenvalue weighted by Gasteiger charge is -2.43. The molecule has 0 amide bonds. The van der Waals surface area contributed by atoms with Crippen LogP contribution in [0.4, 0.5) is 5.82 Å². The van der Waals surface area contributed by atoms with Gasteiger partial charge in [-0.15, -0.1) is 0 Å². The minimum absolute atomic E-state index is 0.0308. The van der Waals surface area contributed by atoms with Crippen LogP contribution in [-0.4, -0.2) is 13.3 Å². The lowest BCUT2D eigenvalue weighted by atomic mass is 10.2. The van der Waals surface area contributed by atoms with E-state index in [4.69, 9.17) is 10.2 Å². The van der Waals surface area contributed by atoms with Gasteiger partial charge < -0.3 is 10.2 Å². The lowest BCUT2D eigenvalue weighted by Crippen LogP contribution is -2.66. The van der Waals surface area contributed by atoms with Gasteiger partial charge in [0.2, 0.25) is 0 Å². The van der Waals surface area contributed by atoms with E-state index in [9.17, 15) is 0 Å². The highest BCUT2D eigenvalue weighted by molar-refractivity contribution is 6.99. The molecule has 2 N–H and O–H groups in total. The fourth-order valence-corrected chi connectivity index (χ4v) is 8.01. The summed E-state index contributed by atoms with van der Waals surface area (Å²) in [7, 11) is -2.50. The Kier molecular flexibility index (Phi) is 5.25. The normalized spacial score (nSPS) is 12.1. The van der Waals surface area contributed by atoms with Gasteiger partial charge in [0.1, 0.15) is 5.82 Å². The van der Waals surface area contributed by atoms with Crippen molar-refractivity contribution in [3.63, 3.8) is 0 Å². The monoisotopic (exact) mass is 362 g/mol. The van der Waals surface area contributed by atoms with Gasteiger partial charge in [-0.05, 0) is 27.0 Å². The van der Waals surface area contributed by atoms with Crippen LogP contribution in [0.15, 0.2) is 79.0 Å². The van der Waals surface area contributed by atoms with E-state index in [2.05, 4.69) is 86.4 Å². The Labute approximate surface area is 157 Å². The predicted octanol–water partition coefficient (Wildman–Crippen LogP) is 3.74. The summed E-state index contributed by atoms with van der Waals surface area (Å²) in [4.78, 5) is 4.20. The number of aromatic nitrogens is 1. The molecule has 0 unspecified atom stereocenters. The van der Waals surface area contributed by atoms with Crippen LogP contribution in [0.25, 0.3) is 0 Å². The second-order valence-electron chi connectivity index (χ2n) is 7.54. The summed E-state index contributed by atoms with van der Waals surface area (Å²) >= 11 is 0. The number of hydrogen-bond donors (Lipinski definition) is 1. The zero-order valence-electron chi connectivity index (χ0n) is 15.6. The van der Waals surface area contributed by atoms with Gasteiger partial charge in [-0.1, -0.05) is 87.5 Å². The highest BCUT2D eigenvalue weighted by atomic mass is 28.4. The van der Waals surface area contributed by atoms with Crippen LogP contribution < -0.4 is 16.1 Å². The quantitative estimate of drug-likeness (QED) is 0.703. The molecule has 0 saturated heterocycles. The van der Waals surface area contributed by atoms with Crippen LogP contribution in [0.5, 0.6) is 0 Å². The Morgan fingerprint density at radius 1 is 0.846 bits per heavy atom. The number of anilines is 1. The molecule has 0 aliphatic carbocycles. The van der Waals surface area contributed by atoms with Crippen LogP contribution in [-0.2, 0) is 11.0 Å². The first kappa shape index (κ1) is 18.4. The molecule has 2 aromatic carbocycles. The van der Waals surface area contributed by atoms with Crippen molar-refractivity contribution in [2.24, 2.45) is 0 Å². The topological polar surface area (TPSA) is 48.1 Å². The van der Waals surface area contributed by atoms with Crippen LogP contribution in [0.1, 0.15) is 26.3 Å². The molecule has 3 nitrogen and oxygen atoms in total. The Hall–Kier alpha value is -2.43. The maximum atomic E-state index is 6.85. The Balaban J connectivity index is 2.09. The van der Waals surface area contributed by atoms with E-state index in [1.54, 1.807) is 6.20 Å². The van der Waals surface area contributed by atoms with Crippen molar-refractivity contribution in [3.8, 4) is 0 Å². The molecule has 0 aliphatic heterocycles. The van der Waals surface area contributed by atoms with Gasteiger partial charge in [0.25, 0.3) is 8.32 Å². The van der Waals surface area contributed by atoms with E-state index in [1.807, 2.05) is 12.1 Å². The number of benzene rings is 2. The van der Waals surface area contributed by atoms with E-state index in [0.29, 0.717) is 12.4 Å². The average Bonchev–Trinajstić information content (AvgIpc) is 2.64. The molecule has 0 atom stereocenters. The van der Waals surface area contributed by atoms with Crippen LogP contribution in [0.3, 0.4) is 0 Å². The van der Waals surface area contributed by atoms with Crippen LogP contribution >= 0.6 is 0 Å². The van der Waals surface area contributed by atoms with E-state index >= 15 is 0 Å². The van der Waals surface area contributed by atoms with Crippen LogP contribution in [0.2, 0.25) is 5.04 Å². The van der Waals surface area contributed by atoms with Gasteiger partial charge in [0.05, 0.1) is 6.61 Å². The summed E-state index contributed by atoms with van der Waals surface area (Å²) in [6.45, 7) is 7.35. The molecule has 0 aliphatic rings. The molecule has 26 heavy (non-hydrogen) atoms.